The Bertz CT molecular complexity index is 756. The number of amides is 2. The van der Waals surface area contributed by atoms with E-state index in [9.17, 15) is 9.59 Å². The van der Waals surface area contributed by atoms with Crippen LogP contribution in [0.4, 0.5) is 0 Å². The first-order valence-electron chi connectivity index (χ1n) is 9.61. The molecule has 3 atom stereocenters. The molecule has 4 heteroatoms. The molecule has 0 saturated carbocycles. The Morgan fingerprint density at radius 2 is 1.52 bits per heavy atom. The quantitative estimate of drug-likeness (QED) is 0.743. The van der Waals surface area contributed by atoms with Crippen LogP contribution in [0.1, 0.15) is 60.4 Å². The van der Waals surface area contributed by atoms with Gasteiger partial charge in [0.05, 0.1) is 6.04 Å². The Hall–Kier alpha value is -2.62. The normalized spacial score (nSPS) is 14.1. The molecule has 0 heterocycles. The van der Waals surface area contributed by atoms with Crippen LogP contribution >= 0.6 is 0 Å². The molecular formula is C23H30N2O2. The molecule has 0 aromatic heterocycles. The lowest BCUT2D eigenvalue weighted by atomic mass is 9.87. The van der Waals surface area contributed by atoms with Crippen molar-refractivity contribution in [2.75, 3.05) is 0 Å². The predicted octanol–water partition coefficient (Wildman–Crippen LogP) is 4.85. The molecule has 2 aromatic rings. The summed E-state index contributed by atoms with van der Waals surface area (Å²) in [7, 11) is 0. The second kappa shape index (κ2) is 9.36. The number of rotatable bonds is 6. The van der Waals surface area contributed by atoms with Crippen molar-refractivity contribution in [3.05, 3.63) is 71.3 Å². The number of hydrogen-bond acceptors (Lipinski definition) is 2. The molecule has 0 bridgehead atoms. The summed E-state index contributed by atoms with van der Waals surface area (Å²) >= 11 is 0. The summed E-state index contributed by atoms with van der Waals surface area (Å²) in [5.74, 6) is 0.199. The van der Waals surface area contributed by atoms with Crippen LogP contribution in [0.2, 0.25) is 0 Å². The zero-order chi connectivity index (χ0) is 20.0. The molecule has 2 rings (SSSR count). The van der Waals surface area contributed by atoms with Gasteiger partial charge in [-0.05, 0) is 49.9 Å². The van der Waals surface area contributed by atoms with Crippen LogP contribution in [0.25, 0.3) is 0 Å². The summed E-state index contributed by atoms with van der Waals surface area (Å²) in [4.78, 5) is 25.9. The van der Waals surface area contributed by atoms with Crippen molar-refractivity contribution in [3.8, 4) is 0 Å². The van der Waals surface area contributed by atoms with Crippen LogP contribution in [-0.2, 0) is 0 Å². The van der Waals surface area contributed by atoms with E-state index in [-0.39, 0.29) is 23.8 Å². The van der Waals surface area contributed by atoms with E-state index in [4.69, 9.17) is 0 Å². The highest BCUT2D eigenvalue weighted by Gasteiger charge is 2.29. The van der Waals surface area contributed by atoms with E-state index in [1.165, 1.54) is 5.01 Å². The Morgan fingerprint density at radius 3 is 2.07 bits per heavy atom. The average molecular weight is 367 g/mol. The third kappa shape index (κ3) is 5.19. The monoisotopic (exact) mass is 366 g/mol. The molecule has 3 unspecified atom stereocenters. The highest BCUT2D eigenvalue weighted by molar-refractivity contribution is 5.99. The number of nitrogens with zero attached hydrogens (tertiary/aromatic N) is 1. The van der Waals surface area contributed by atoms with Crippen molar-refractivity contribution in [2.45, 2.75) is 47.1 Å². The molecule has 0 saturated heterocycles. The second-order valence-corrected chi connectivity index (χ2v) is 7.33. The zero-order valence-electron chi connectivity index (χ0n) is 16.9. The summed E-state index contributed by atoms with van der Waals surface area (Å²) < 4.78 is 0. The van der Waals surface area contributed by atoms with E-state index >= 15 is 0 Å². The van der Waals surface area contributed by atoms with Crippen LogP contribution in [-0.4, -0.2) is 22.9 Å². The lowest BCUT2D eigenvalue weighted by Gasteiger charge is -2.35. The van der Waals surface area contributed by atoms with Crippen LogP contribution < -0.4 is 5.43 Å². The van der Waals surface area contributed by atoms with Gasteiger partial charge in [-0.3, -0.25) is 15.0 Å². The van der Waals surface area contributed by atoms with Crippen LogP contribution in [0.5, 0.6) is 0 Å². The molecule has 0 radical (unpaired) electrons. The van der Waals surface area contributed by atoms with Crippen molar-refractivity contribution >= 4 is 11.8 Å². The third-order valence-electron chi connectivity index (χ3n) is 5.49. The lowest BCUT2D eigenvalue weighted by molar-refractivity contribution is 0.0389. The van der Waals surface area contributed by atoms with Gasteiger partial charge < -0.3 is 0 Å². The highest BCUT2D eigenvalue weighted by Crippen LogP contribution is 2.23. The summed E-state index contributed by atoms with van der Waals surface area (Å²) in [6.07, 6.45) is 1.02. The fourth-order valence-electron chi connectivity index (χ4n) is 3.02. The summed E-state index contributed by atoms with van der Waals surface area (Å²) in [5, 5.41) is 1.49. The average Bonchev–Trinajstić information content (AvgIpc) is 2.70. The van der Waals surface area contributed by atoms with Crippen LogP contribution in [0, 0.1) is 18.8 Å². The van der Waals surface area contributed by atoms with E-state index in [0.29, 0.717) is 17.0 Å². The molecule has 0 spiro atoms. The summed E-state index contributed by atoms with van der Waals surface area (Å²) in [5.41, 5.74) is 5.04. The Balaban J connectivity index is 2.29. The van der Waals surface area contributed by atoms with Crippen molar-refractivity contribution in [2.24, 2.45) is 11.8 Å². The number of nitrogens with one attached hydrogen (secondary N) is 1. The molecular weight excluding hydrogens is 336 g/mol. The summed E-state index contributed by atoms with van der Waals surface area (Å²) in [6.45, 7) is 10.4. The van der Waals surface area contributed by atoms with Crippen LogP contribution in [0.15, 0.2) is 54.6 Å². The maximum atomic E-state index is 13.1. The van der Waals surface area contributed by atoms with Gasteiger partial charge in [0.2, 0.25) is 0 Å². The molecule has 144 valence electrons. The first-order chi connectivity index (χ1) is 12.8. The van der Waals surface area contributed by atoms with Gasteiger partial charge in [0.1, 0.15) is 0 Å². The van der Waals surface area contributed by atoms with Gasteiger partial charge >= 0.3 is 0 Å². The molecule has 0 aliphatic carbocycles. The van der Waals surface area contributed by atoms with Crippen molar-refractivity contribution in [3.63, 3.8) is 0 Å². The first-order valence-corrected chi connectivity index (χ1v) is 9.61. The number of hydrazine groups is 1. The Labute approximate surface area is 162 Å². The number of benzene rings is 2. The van der Waals surface area contributed by atoms with E-state index < -0.39 is 0 Å². The van der Waals surface area contributed by atoms with E-state index in [1.807, 2.05) is 44.2 Å². The Morgan fingerprint density at radius 1 is 0.926 bits per heavy atom. The van der Waals surface area contributed by atoms with Gasteiger partial charge in [0, 0.05) is 11.1 Å². The van der Waals surface area contributed by atoms with E-state index in [2.05, 4.69) is 26.2 Å². The minimum absolute atomic E-state index is 0.137. The molecule has 2 amide bonds. The summed E-state index contributed by atoms with van der Waals surface area (Å²) in [6, 6.07) is 16.3. The maximum Gasteiger partial charge on any atom is 0.272 e. The maximum absolute atomic E-state index is 13.1. The third-order valence-corrected chi connectivity index (χ3v) is 5.49. The molecule has 27 heavy (non-hydrogen) atoms. The number of carbonyl (C=O) groups is 2. The second-order valence-electron chi connectivity index (χ2n) is 7.33. The lowest BCUT2D eigenvalue weighted by Crippen LogP contribution is -2.53. The molecule has 0 aliphatic heterocycles. The van der Waals surface area contributed by atoms with Crippen molar-refractivity contribution in [1.82, 2.24) is 10.4 Å². The topological polar surface area (TPSA) is 49.4 Å². The minimum Gasteiger partial charge on any atom is -0.267 e. The zero-order valence-corrected chi connectivity index (χ0v) is 16.9. The van der Waals surface area contributed by atoms with E-state index in [1.54, 1.807) is 24.3 Å². The SMILES string of the molecule is CCC(C)C(C)C(C)N(NC(=O)c1ccc(C)cc1)C(=O)c1ccccc1. The minimum atomic E-state index is -0.275. The Kier molecular flexibility index (Phi) is 7.17. The fraction of sp³-hybridized carbons (Fsp3) is 0.391. The number of aryl methyl sites for hydroxylation is 1. The smallest absolute Gasteiger partial charge is 0.267 e. The van der Waals surface area contributed by atoms with Gasteiger partial charge in [-0.1, -0.05) is 63.1 Å². The number of hydrogen-bond donors (Lipinski definition) is 1. The van der Waals surface area contributed by atoms with Gasteiger partial charge in [0.25, 0.3) is 11.8 Å². The van der Waals surface area contributed by atoms with Gasteiger partial charge in [0.15, 0.2) is 0 Å². The molecule has 1 N–H and O–H groups in total. The fourth-order valence-corrected chi connectivity index (χ4v) is 3.02. The molecule has 4 nitrogen and oxygen atoms in total. The van der Waals surface area contributed by atoms with Gasteiger partial charge in [-0.2, -0.15) is 0 Å². The van der Waals surface area contributed by atoms with Crippen LogP contribution in [0.3, 0.4) is 0 Å². The highest BCUT2D eigenvalue weighted by atomic mass is 16.2. The van der Waals surface area contributed by atoms with Crippen molar-refractivity contribution < 1.29 is 9.59 Å². The standard InChI is InChI=1S/C23H30N2O2/c1-6-17(3)18(4)19(5)25(23(27)21-10-8-7-9-11-21)24-22(26)20-14-12-16(2)13-15-20/h7-15,17-19H,6H2,1-5H3,(H,24,26). The largest absolute Gasteiger partial charge is 0.272 e. The van der Waals surface area contributed by atoms with Gasteiger partial charge in [-0.25, -0.2) is 5.01 Å². The van der Waals surface area contributed by atoms with Crippen molar-refractivity contribution in [1.29, 1.82) is 0 Å². The molecule has 0 fully saturated rings. The number of carbonyl (C=O) groups excluding carboxylic acids is 2. The molecule has 0 aliphatic rings. The van der Waals surface area contributed by atoms with Gasteiger partial charge in [-0.15, -0.1) is 0 Å². The predicted molar refractivity (Wildman–Crippen MR) is 109 cm³/mol. The molecule has 2 aromatic carbocycles. The van der Waals surface area contributed by atoms with E-state index in [0.717, 1.165) is 12.0 Å². The first kappa shape index (κ1) is 20.7.